The molecule has 5 rings (SSSR count). The van der Waals surface area contributed by atoms with E-state index in [9.17, 15) is 4.79 Å². The van der Waals surface area contributed by atoms with Crippen molar-refractivity contribution in [1.29, 1.82) is 0 Å². The molecule has 1 aliphatic heterocycles. The van der Waals surface area contributed by atoms with Crippen LogP contribution in [-0.4, -0.2) is 11.6 Å². The Morgan fingerprint density at radius 1 is 0.833 bits per heavy atom. The van der Waals surface area contributed by atoms with Crippen LogP contribution >= 0.6 is 0 Å². The number of furan rings is 1. The molecule has 24 heavy (non-hydrogen) atoms. The molecule has 0 bridgehead atoms. The summed E-state index contributed by atoms with van der Waals surface area (Å²) in [6.07, 6.45) is 0. The van der Waals surface area contributed by atoms with E-state index in [2.05, 4.69) is 10.3 Å². The Labute approximate surface area is 137 Å². The summed E-state index contributed by atoms with van der Waals surface area (Å²) in [5.74, 6) is -0.180. The standard InChI is InChI=1S/C20H12N2O2/c23-20-19(15-6-1-3-7-16(15)22-20)21-12-9-10-14-13-5-2-4-8-17(13)24-18(14)11-12/h1-11H,(H,21,22,23). The van der Waals surface area contributed by atoms with Crippen LogP contribution in [-0.2, 0) is 4.79 Å². The predicted molar refractivity (Wildman–Crippen MR) is 95.0 cm³/mol. The second-order valence-electron chi connectivity index (χ2n) is 5.74. The smallest absolute Gasteiger partial charge is 0.275 e. The van der Waals surface area contributed by atoms with E-state index in [1.54, 1.807) is 0 Å². The van der Waals surface area contributed by atoms with Gasteiger partial charge in [0.1, 0.15) is 16.9 Å². The Morgan fingerprint density at radius 2 is 1.62 bits per heavy atom. The fourth-order valence-electron chi connectivity index (χ4n) is 3.13. The Bertz CT molecular complexity index is 1150. The summed E-state index contributed by atoms with van der Waals surface area (Å²) in [5.41, 5.74) is 4.37. The highest BCUT2D eigenvalue weighted by Crippen LogP contribution is 2.32. The zero-order valence-electron chi connectivity index (χ0n) is 12.6. The minimum Gasteiger partial charge on any atom is -0.456 e. The number of hydrogen-bond acceptors (Lipinski definition) is 3. The summed E-state index contributed by atoms with van der Waals surface area (Å²) in [4.78, 5) is 16.7. The molecule has 4 nitrogen and oxygen atoms in total. The zero-order chi connectivity index (χ0) is 16.1. The lowest BCUT2D eigenvalue weighted by atomic mass is 10.1. The van der Waals surface area contributed by atoms with E-state index in [1.807, 2.05) is 66.7 Å². The molecule has 0 saturated carbocycles. The van der Waals surface area contributed by atoms with Crippen LogP contribution in [0.15, 0.2) is 76.1 Å². The molecule has 0 spiro atoms. The molecule has 0 atom stereocenters. The van der Waals surface area contributed by atoms with Gasteiger partial charge in [0, 0.05) is 22.4 Å². The van der Waals surface area contributed by atoms with Gasteiger partial charge in [-0.15, -0.1) is 0 Å². The number of nitrogens with one attached hydrogen (secondary N) is 1. The highest BCUT2D eigenvalue weighted by molar-refractivity contribution is 6.54. The maximum Gasteiger partial charge on any atom is 0.275 e. The topological polar surface area (TPSA) is 54.6 Å². The van der Waals surface area contributed by atoms with Gasteiger partial charge in [-0.1, -0.05) is 36.4 Å². The molecule has 1 aliphatic rings. The predicted octanol–water partition coefficient (Wildman–Crippen LogP) is 4.66. The van der Waals surface area contributed by atoms with Crippen LogP contribution < -0.4 is 5.32 Å². The van der Waals surface area contributed by atoms with Crippen molar-refractivity contribution >= 4 is 44.9 Å². The lowest BCUT2D eigenvalue weighted by molar-refractivity contribution is -0.110. The molecule has 0 radical (unpaired) electrons. The highest BCUT2D eigenvalue weighted by Gasteiger charge is 2.25. The third-order valence-electron chi connectivity index (χ3n) is 4.25. The third kappa shape index (κ3) is 1.86. The van der Waals surface area contributed by atoms with Gasteiger partial charge in [-0.2, -0.15) is 0 Å². The fourth-order valence-corrected chi connectivity index (χ4v) is 3.13. The van der Waals surface area contributed by atoms with Crippen molar-refractivity contribution in [2.24, 2.45) is 4.99 Å². The molecule has 4 aromatic rings. The van der Waals surface area contributed by atoms with Crippen LogP contribution in [0, 0.1) is 0 Å². The van der Waals surface area contributed by atoms with Crippen LogP contribution in [0.5, 0.6) is 0 Å². The molecule has 1 N–H and O–H groups in total. The number of amides is 1. The average molecular weight is 312 g/mol. The first-order valence-electron chi connectivity index (χ1n) is 7.70. The maximum atomic E-state index is 12.2. The largest absolute Gasteiger partial charge is 0.456 e. The Balaban J connectivity index is 1.67. The summed E-state index contributed by atoms with van der Waals surface area (Å²) in [6.45, 7) is 0. The first kappa shape index (κ1) is 13.1. The second kappa shape index (κ2) is 4.80. The monoisotopic (exact) mass is 312 g/mol. The number of rotatable bonds is 1. The van der Waals surface area contributed by atoms with Crippen molar-refractivity contribution in [2.45, 2.75) is 0 Å². The molecule has 1 amide bonds. The van der Waals surface area contributed by atoms with Gasteiger partial charge >= 0.3 is 0 Å². The van der Waals surface area contributed by atoms with E-state index < -0.39 is 0 Å². The molecule has 3 aromatic carbocycles. The average Bonchev–Trinajstić information content (AvgIpc) is 3.12. The van der Waals surface area contributed by atoms with Crippen molar-refractivity contribution in [2.75, 3.05) is 5.32 Å². The summed E-state index contributed by atoms with van der Waals surface area (Å²) >= 11 is 0. The summed E-state index contributed by atoms with van der Waals surface area (Å²) in [5, 5.41) is 4.96. The number of carbonyl (C=O) groups is 1. The van der Waals surface area contributed by atoms with Crippen molar-refractivity contribution < 1.29 is 9.21 Å². The minimum absolute atomic E-state index is 0.180. The van der Waals surface area contributed by atoms with Crippen LogP contribution in [0.4, 0.5) is 11.4 Å². The van der Waals surface area contributed by atoms with Gasteiger partial charge in [0.15, 0.2) is 0 Å². The Kier molecular flexibility index (Phi) is 2.61. The summed E-state index contributed by atoms with van der Waals surface area (Å²) in [6, 6.07) is 21.2. The molecule has 0 aliphatic carbocycles. The zero-order valence-corrected chi connectivity index (χ0v) is 12.6. The van der Waals surface area contributed by atoms with Crippen LogP contribution in [0.25, 0.3) is 21.9 Å². The molecular weight excluding hydrogens is 300 g/mol. The molecule has 0 unspecified atom stereocenters. The summed E-state index contributed by atoms with van der Waals surface area (Å²) < 4.78 is 5.88. The number of para-hydroxylation sites is 2. The molecule has 114 valence electrons. The van der Waals surface area contributed by atoms with Crippen molar-refractivity contribution in [1.82, 2.24) is 0 Å². The van der Waals surface area contributed by atoms with E-state index in [0.717, 1.165) is 33.2 Å². The van der Waals surface area contributed by atoms with Gasteiger partial charge in [-0.05, 0) is 24.3 Å². The Hall–Kier alpha value is -3.40. The lowest BCUT2D eigenvalue weighted by Crippen LogP contribution is -2.13. The summed E-state index contributed by atoms with van der Waals surface area (Å²) in [7, 11) is 0. The Morgan fingerprint density at radius 3 is 2.58 bits per heavy atom. The van der Waals surface area contributed by atoms with E-state index in [1.165, 1.54) is 0 Å². The molecule has 0 fully saturated rings. The van der Waals surface area contributed by atoms with E-state index in [-0.39, 0.29) is 5.91 Å². The van der Waals surface area contributed by atoms with Gasteiger partial charge in [-0.25, -0.2) is 4.99 Å². The lowest BCUT2D eigenvalue weighted by Gasteiger charge is -1.98. The highest BCUT2D eigenvalue weighted by atomic mass is 16.3. The van der Waals surface area contributed by atoms with Gasteiger partial charge < -0.3 is 9.73 Å². The number of hydrogen-bond donors (Lipinski definition) is 1. The van der Waals surface area contributed by atoms with Crippen LogP contribution in [0.1, 0.15) is 5.56 Å². The molecule has 4 heteroatoms. The molecule has 2 heterocycles. The van der Waals surface area contributed by atoms with Crippen molar-refractivity contribution in [3.63, 3.8) is 0 Å². The van der Waals surface area contributed by atoms with Gasteiger partial charge in [-0.3, -0.25) is 4.79 Å². The molecule has 0 saturated heterocycles. The molecular formula is C20H12N2O2. The van der Waals surface area contributed by atoms with E-state index >= 15 is 0 Å². The number of benzene rings is 3. The van der Waals surface area contributed by atoms with E-state index in [0.29, 0.717) is 11.4 Å². The maximum absolute atomic E-state index is 12.2. The second-order valence-corrected chi connectivity index (χ2v) is 5.74. The fraction of sp³-hybridized carbons (Fsp3) is 0. The van der Waals surface area contributed by atoms with Crippen LogP contribution in [0.2, 0.25) is 0 Å². The number of nitrogens with zero attached hydrogens (tertiary/aromatic N) is 1. The SMILES string of the molecule is O=C1Nc2ccccc2C1=Nc1ccc2c(c1)oc1ccccc12. The normalized spacial score (nSPS) is 15.2. The quantitative estimate of drug-likeness (QED) is 0.556. The number of carbonyl (C=O) groups excluding carboxylic acids is 1. The number of anilines is 1. The third-order valence-corrected chi connectivity index (χ3v) is 4.25. The molecule has 1 aromatic heterocycles. The van der Waals surface area contributed by atoms with Crippen molar-refractivity contribution in [3.05, 3.63) is 72.3 Å². The van der Waals surface area contributed by atoms with Gasteiger partial charge in [0.25, 0.3) is 5.91 Å². The first-order valence-corrected chi connectivity index (χ1v) is 7.70. The van der Waals surface area contributed by atoms with Gasteiger partial charge in [0.05, 0.1) is 11.4 Å². The minimum atomic E-state index is -0.180. The van der Waals surface area contributed by atoms with E-state index in [4.69, 9.17) is 4.42 Å². The van der Waals surface area contributed by atoms with Crippen LogP contribution in [0.3, 0.4) is 0 Å². The number of fused-ring (bicyclic) bond motifs is 4. The number of aliphatic imine (C=N–C) groups is 1. The van der Waals surface area contributed by atoms with Crippen molar-refractivity contribution in [3.8, 4) is 0 Å². The van der Waals surface area contributed by atoms with Gasteiger partial charge in [0.2, 0.25) is 0 Å². The first-order chi connectivity index (χ1) is 11.8.